The summed E-state index contributed by atoms with van der Waals surface area (Å²) in [7, 11) is 1.74. The number of aryl methyl sites for hydroxylation is 1. The van der Waals surface area contributed by atoms with Crippen LogP contribution in [0.2, 0.25) is 0 Å². The molecule has 0 atom stereocenters. The fourth-order valence-electron chi connectivity index (χ4n) is 2.46. The first-order valence-corrected chi connectivity index (χ1v) is 7.27. The Hall–Kier alpha value is -1.04. The van der Waals surface area contributed by atoms with Crippen LogP contribution in [-0.2, 0) is 21.6 Å². The van der Waals surface area contributed by atoms with E-state index in [4.69, 9.17) is 14.5 Å². The molecule has 1 N–H and O–H groups in total. The van der Waals surface area contributed by atoms with Crippen LogP contribution in [0.5, 0.6) is 0 Å². The van der Waals surface area contributed by atoms with Gasteiger partial charge in [0.15, 0.2) is 5.82 Å². The number of hydrogen-bond donors (Lipinski definition) is 1. The Morgan fingerprint density at radius 1 is 1.35 bits per heavy atom. The van der Waals surface area contributed by atoms with Gasteiger partial charge in [0.1, 0.15) is 5.60 Å². The maximum absolute atomic E-state index is 5.78. The second kappa shape index (κ2) is 6.61. The third-order valence-electron chi connectivity index (χ3n) is 3.70. The molecule has 1 fully saturated rings. The van der Waals surface area contributed by atoms with E-state index in [-0.39, 0.29) is 0 Å². The average Bonchev–Trinajstić information content (AvgIpc) is 2.45. The van der Waals surface area contributed by atoms with E-state index in [9.17, 15) is 0 Å². The molecule has 0 radical (unpaired) electrons. The number of nitrogens with one attached hydrogen (secondary N) is 1. The molecular weight excluding hydrogens is 254 g/mol. The molecule has 5 heteroatoms. The lowest BCUT2D eigenvalue weighted by Crippen LogP contribution is -2.38. The van der Waals surface area contributed by atoms with Crippen molar-refractivity contribution in [1.82, 2.24) is 15.3 Å². The molecule has 0 aliphatic carbocycles. The van der Waals surface area contributed by atoms with Gasteiger partial charge in [-0.15, -0.1) is 0 Å². The highest BCUT2D eigenvalue weighted by Crippen LogP contribution is 2.33. The number of ether oxygens (including phenoxy) is 2. The van der Waals surface area contributed by atoms with Crippen LogP contribution < -0.4 is 5.32 Å². The molecule has 1 aliphatic rings. The van der Waals surface area contributed by atoms with Crippen molar-refractivity contribution in [2.24, 2.45) is 0 Å². The fraction of sp³-hybridized carbons (Fsp3) is 0.733. The summed E-state index contributed by atoms with van der Waals surface area (Å²) in [6, 6.07) is 2.47. The second-order valence-electron chi connectivity index (χ2n) is 5.67. The molecule has 5 nitrogen and oxygen atoms in total. The van der Waals surface area contributed by atoms with E-state index in [1.54, 1.807) is 7.11 Å². The molecule has 0 spiro atoms. The zero-order chi connectivity index (χ0) is 14.6. The van der Waals surface area contributed by atoms with Crippen molar-refractivity contribution in [1.29, 1.82) is 0 Å². The minimum Gasteiger partial charge on any atom is -0.381 e. The molecule has 0 amide bonds. The molecule has 2 rings (SSSR count). The Labute approximate surface area is 121 Å². The summed E-state index contributed by atoms with van der Waals surface area (Å²) in [6.45, 7) is 8.42. The minimum absolute atomic E-state index is 0.392. The Morgan fingerprint density at radius 2 is 2.05 bits per heavy atom. The van der Waals surface area contributed by atoms with Crippen molar-refractivity contribution in [3.63, 3.8) is 0 Å². The fourth-order valence-corrected chi connectivity index (χ4v) is 2.46. The third kappa shape index (κ3) is 3.53. The molecule has 2 heterocycles. The Kier molecular flexibility index (Phi) is 5.07. The summed E-state index contributed by atoms with van der Waals surface area (Å²) in [5, 5.41) is 3.39. The zero-order valence-electron chi connectivity index (χ0n) is 12.9. The summed E-state index contributed by atoms with van der Waals surface area (Å²) in [5.74, 6) is 0.795. The first kappa shape index (κ1) is 15.4. The van der Waals surface area contributed by atoms with E-state index in [0.29, 0.717) is 19.3 Å². The molecule has 0 aromatic carbocycles. The Morgan fingerprint density at radius 3 is 2.65 bits per heavy atom. The van der Waals surface area contributed by atoms with Crippen LogP contribution in [0.25, 0.3) is 0 Å². The number of nitrogens with zero attached hydrogens (tertiary/aromatic N) is 2. The van der Waals surface area contributed by atoms with Crippen LogP contribution in [-0.4, -0.2) is 36.3 Å². The number of methoxy groups -OCH3 is 1. The van der Waals surface area contributed by atoms with Gasteiger partial charge in [0.05, 0.1) is 5.69 Å². The van der Waals surface area contributed by atoms with Gasteiger partial charge >= 0.3 is 0 Å². The molecule has 20 heavy (non-hydrogen) atoms. The molecule has 0 unspecified atom stereocenters. The van der Waals surface area contributed by atoms with Gasteiger partial charge in [0, 0.05) is 51.4 Å². The molecule has 0 saturated carbocycles. The van der Waals surface area contributed by atoms with Crippen molar-refractivity contribution in [3.05, 3.63) is 23.3 Å². The number of hydrogen-bond acceptors (Lipinski definition) is 5. The van der Waals surface area contributed by atoms with Gasteiger partial charge < -0.3 is 14.8 Å². The highest BCUT2D eigenvalue weighted by molar-refractivity contribution is 5.15. The highest BCUT2D eigenvalue weighted by atomic mass is 16.5. The van der Waals surface area contributed by atoms with E-state index in [2.05, 4.69) is 24.1 Å². The maximum Gasteiger partial charge on any atom is 0.160 e. The molecule has 1 aliphatic heterocycles. The van der Waals surface area contributed by atoms with E-state index in [1.807, 2.05) is 13.0 Å². The summed E-state index contributed by atoms with van der Waals surface area (Å²) in [4.78, 5) is 9.33. The molecule has 1 aromatic heterocycles. The molecule has 112 valence electrons. The second-order valence-corrected chi connectivity index (χ2v) is 5.67. The van der Waals surface area contributed by atoms with E-state index in [0.717, 1.165) is 36.6 Å². The van der Waals surface area contributed by atoms with Crippen LogP contribution >= 0.6 is 0 Å². The van der Waals surface area contributed by atoms with Gasteiger partial charge in [0.25, 0.3) is 0 Å². The van der Waals surface area contributed by atoms with Gasteiger partial charge in [-0.1, -0.05) is 13.8 Å². The quantitative estimate of drug-likeness (QED) is 0.892. The van der Waals surface area contributed by atoms with Crippen LogP contribution in [0.4, 0.5) is 0 Å². The normalized spacial score (nSPS) is 18.4. The van der Waals surface area contributed by atoms with Gasteiger partial charge in [-0.3, -0.25) is 0 Å². The topological polar surface area (TPSA) is 56.3 Å². The summed E-state index contributed by atoms with van der Waals surface area (Å²) in [5.41, 5.74) is 1.61. The van der Waals surface area contributed by atoms with Gasteiger partial charge in [0.2, 0.25) is 0 Å². The van der Waals surface area contributed by atoms with Crippen molar-refractivity contribution in [3.8, 4) is 0 Å². The standard InChI is InChI=1S/C15H25N3O2/c1-11(2)16-10-13-9-12(3)17-14(18-13)15(19-4)5-7-20-8-6-15/h9,11,16H,5-8,10H2,1-4H3. The monoisotopic (exact) mass is 279 g/mol. The van der Waals surface area contributed by atoms with Gasteiger partial charge in [-0.05, 0) is 13.0 Å². The van der Waals surface area contributed by atoms with Crippen LogP contribution in [0.15, 0.2) is 6.07 Å². The summed E-state index contributed by atoms with van der Waals surface area (Å²) in [6.07, 6.45) is 1.62. The van der Waals surface area contributed by atoms with Crippen molar-refractivity contribution >= 4 is 0 Å². The first-order valence-electron chi connectivity index (χ1n) is 7.27. The minimum atomic E-state index is -0.392. The van der Waals surface area contributed by atoms with Crippen LogP contribution in [0.1, 0.15) is 43.9 Å². The summed E-state index contributed by atoms with van der Waals surface area (Å²) >= 11 is 0. The van der Waals surface area contributed by atoms with Gasteiger partial charge in [-0.25, -0.2) is 9.97 Å². The molecular formula is C15H25N3O2. The number of rotatable bonds is 5. The van der Waals surface area contributed by atoms with Crippen molar-refractivity contribution < 1.29 is 9.47 Å². The van der Waals surface area contributed by atoms with Crippen molar-refractivity contribution in [2.75, 3.05) is 20.3 Å². The SMILES string of the molecule is COC1(c2nc(C)cc(CNC(C)C)n2)CCOCC1. The van der Waals surface area contributed by atoms with Crippen molar-refractivity contribution in [2.45, 2.75) is 51.8 Å². The highest BCUT2D eigenvalue weighted by Gasteiger charge is 2.37. The first-order chi connectivity index (χ1) is 9.55. The molecule has 1 saturated heterocycles. The van der Waals surface area contributed by atoms with Gasteiger partial charge in [-0.2, -0.15) is 0 Å². The number of aromatic nitrogens is 2. The maximum atomic E-state index is 5.78. The van der Waals surface area contributed by atoms with E-state index < -0.39 is 5.60 Å². The Bertz CT molecular complexity index is 443. The lowest BCUT2D eigenvalue weighted by molar-refractivity contribution is -0.100. The average molecular weight is 279 g/mol. The lowest BCUT2D eigenvalue weighted by Gasteiger charge is -2.34. The predicted octanol–water partition coefficient (Wildman–Crippen LogP) is 1.94. The van der Waals surface area contributed by atoms with Crippen LogP contribution in [0, 0.1) is 6.92 Å². The van der Waals surface area contributed by atoms with E-state index >= 15 is 0 Å². The van der Waals surface area contributed by atoms with Crippen LogP contribution in [0.3, 0.4) is 0 Å². The summed E-state index contributed by atoms with van der Waals surface area (Å²) < 4.78 is 11.2. The zero-order valence-corrected chi connectivity index (χ0v) is 12.9. The smallest absolute Gasteiger partial charge is 0.160 e. The molecule has 0 bridgehead atoms. The lowest BCUT2D eigenvalue weighted by atomic mass is 9.92. The predicted molar refractivity (Wildman–Crippen MR) is 77.5 cm³/mol. The largest absolute Gasteiger partial charge is 0.381 e. The Balaban J connectivity index is 2.25. The third-order valence-corrected chi connectivity index (χ3v) is 3.70. The molecule has 1 aromatic rings. The van der Waals surface area contributed by atoms with E-state index in [1.165, 1.54) is 0 Å².